The predicted molar refractivity (Wildman–Crippen MR) is 74.9 cm³/mol. The summed E-state index contributed by atoms with van der Waals surface area (Å²) in [5, 5.41) is 13.9. The van der Waals surface area contributed by atoms with Gasteiger partial charge >= 0.3 is 0 Å². The standard InChI is InChI=1S/C13H8N4OS2/c18-20-11-4-2-1-3-9(11)19-10-6-5-8(7-12(10)20)13-14-16-17-15-13/h1-7H,(H,14,15,16,17). The molecule has 0 saturated heterocycles. The third kappa shape index (κ3) is 1.78. The highest BCUT2D eigenvalue weighted by molar-refractivity contribution is 8.01. The Balaban J connectivity index is 1.86. The largest absolute Gasteiger partial charge is 0.249 e. The minimum Gasteiger partial charge on any atom is -0.249 e. The van der Waals surface area contributed by atoms with Gasteiger partial charge in [0.15, 0.2) is 0 Å². The maximum absolute atomic E-state index is 12.7. The zero-order chi connectivity index (χ0) is 13.5. The maximum atomic E-state index is 12.7. The topological polar surface area (TPSA) is 71.5 Å². The summed E-state index contributed by atoms with van der Waals surface area (Å²) in [6, 6.07) is 13.5. The van der Waals surface area contributed by atoms with Crippen LogP contribution >= 0.6 is 11.8 Å². The molecule has 0 bridgehead atoms. The van der Waals surface area contributed by atoms with Gasteiger partial charge in [0.25, 0.3) is 0 Å². The SMILES string of the molecule is O=S1c2ccccc2Sc2ccc(-c3nn[nH]n3)cc21. The Hall–Kier alpha value is -1.99. The van der Waals surface area contributed by atoms with E-state index in [2.05, 4.69) is 20.6 Å². The zero-order valence-electron chi connectivity index (χ0n) is 10.1. The number of tetrazole rings is 1. The van der Waals surface area contributed by atoms with Crippen LogP contribution in [-0.2, 0) is 10.8 Å². The molecule has 0 amide bonds. The normalized spacial score (nSPS) is 16.5. The van der Waals surface area contributed by atoms with Crippen molar-refractivity contribution in [3.8, 4) is 11.4 Å². The molecule has 20 heavy (non-hydrogen) atoms. The Morgan fingerprint density at radius 3 is 2.75 bits per heavy atom. The van der Waals surface area contributed by atoms with E-state index in [-0.39, 0.29) is 0 Å². The van der Waals surface area contributed by atoms with Gasteiger partial charge in [-0.2, -0.15) is 5.21 Å². The van der Waals surface area contributed by atoms with Gasteiger partial charge < -0.3 is 0 Å². The van der Waals surface area contributed by atoms with Crippen molar-refractivity contribution < 1.29 is 4.21 Å². The summed E-state index contributed by atoms with van der Waals surface area (Å²) >= 11 is 1.63. The van der Waals surface area contributed by atoms with Crippen LogP contribution < -0.4 is 0 Å². The van der Waals surface area contributed by atoms with Gasteiger partial charge in [-0.05, 0) is 35.5 Å². The van der Waals surface area contributed by atoms with Gasteiger partial charge in [-0.3, -0.25) is 0 Å². The first-order valence-corrected chi connectivity index (χ1v) is 7.86. The second-order valence-electron chi connectivity index (χ2n) is 4.21. The summed E-state index contributed by atoms with van der Waals surface area (Å²) in [6.45, 7) is 0. The lowest BCUT2D eigenvalue weighted by Gasteiger charge is -2.18. The van der Waals surface area contributed by atoms with Gasteiger partial charge in [-0.15, -0.1) is 10.2 Å². The van der Waals surface area contributed by atoms with E-state index in [4.69, 9.17) is 0 Å². The minimum atomic E-state index is -1.17. The molecule has 4 rings (SSSR count). The van der Waals surface area contributed by atoms with E-state index in [1.54, 1.807) is 11.8 Å². The van der Waals surface area contributed by atoms with Crippen LogP contribution in [0, 0.1) is 0 Å². The number of nitrogens with zero attached hydrogens (tertiary/aromatic N) is 3. The van der Waals surface area contributed by atoms with Crippen molar-refractivity contribution in [3.05, 3.63) is 42.5 Å². The third-order valence-electron chi connectivity index (χ3n) is 3.02. The van der Waals surface area contributed by atoms with E-state index >= 15 is 0 Å². The third-order valence-corrected chi connectivity index (χ3v) is 5.92. The first-order valence-electron chi connectivity index (χ1n) is 5.89. The number of nitrogens with one attached hydrogen (secondary N) is 1. The number of benzene rings is 2. The molecule has 0 radical (unpaired) electrons. The molecular formula is C13H8N4OS2. The second kappa shape index (κ2) is 4.53. The van der Waals surface area contributed by atoms with Crippen LogP contribution in [0.25, 0.3) is 11.4 Å². The molecule has 1 aliphatic rings. The lowest BCUT2D eigenvalue weighted by atomic mass is 10.2. The van der Waals surface area contributed by atoms with E-state index in [9.17, 15) is 4.21 Å². The molecule has 0 spiro atoms. The quantitative estimate of drug-likeness (QED) is 0.585. The van der Waals surface area contributed by atoms with E-state index in [1.807, 2.05) is 42.5 Å². The number of H-pyrrole nitrogens is 1. The summed E-state index contributed by atoms with van der Waals surface area (Å²) < 4.78 is 12.7. The summed E-state index contributed by atoms with van der Waals surface area (Å²) in [7, 11) is -1.17. The Bertz CT molecular complexity index is 817. The van der Waals surface area contributed by atoms with E-state index < -0.39 is 10.8 Å². The number of aromatic nitrogens is 4. The fourth-order valence-electron chi connectivity index (χ4n) is 2.09. The van der Waals surface area contributed by atoms with E-state index in [1.165, 1.54) is 0 Å². The smallest absolute Gasteiger partial charge is 0.204 e. The molecule has 1 N–H and O–H groups in total. The van der Waals surface area contributed by atoms with Gasteiger partial charge in [-0.25, -0.2) is 4.21 Å². The Morgan fingerprint density at radius 2 is 1.90 bits per heavy atom. The fraction of sp³-hybridized carbons (Fsp3) is 0. The average molecular weight is 300 g/mol. The molecule has 2 heterocycles. The molecule has 98 valence electrons. The van der Waals surface area contributed by atoms with E-state index in [0.717, 1.165) is 25.1 Å². The molecule has 1 aromatic heterocycles. The van der Waals surface area contributed by atoms with Crippen molar-refractivity contribution >= 4 is 22.6 Å². The molecule has 0 saturated carbocycles. The van der Waals surface area contributed by atoms with Crippen molar-refractivity contribution in [2.45, 2.75) is 19.6 Å². The number of fused-ring (bicyclic) bond motifs is 2. The molecule has 0 aliphatic carbocycles. The van der Waals surface area contributed by atoms with Gasteiger partial charge in [0.1, 0.15) is 0 Å². The lowest BCUT2D eigenvalue weighted by Crippen LogP contribution is -2.02. The fourth-order valence-corrected chi connectivity index (χ4v) is 4.81. The van der Waals surface area contributed by atoms with Crippen molar-refractivity contribution in [2.75, 3.05) is 0 Å². The molecule has 1 unspecified atom stereocenters. The van der Waals surface area contributed by atoms with Crippen LogP contribution in [-0.4, -0.2) is 24.8 Å². The molecule has 1 aliphatic heterocycles. The number of rotatable bonds is 1. The maximum Gasteiger partial charge on any atom is 0.204 e. The first-order chi connectivity index (χ1) is 9.83. The van der Waals surface area contributed by atoms with Crippen LogP contribution in [0.1, 0.15) is 0 Å². The molecule has 2 aromatic carbocycles. The lowest BCUT2D eigenvalue weighted by molar-refractivity contribution is 0.679. The number of hydrogen-bond donors (Lipinski definition) is 1. The number of hydrogen-bond acceptors (Lipinski definition) is 5. The van der Waals surface area contributed by atoms with Gasteiger partial charge in [0.2, 0.25) is 5.82 Å². The van der Waals surface area contributed by atoms with Gasteiger partial charge in [0, 0.05) is 15.4 Å². The van der Waals surface area contributed by atoms with Crippen molar-refractivity contribution in [2.24, 2.45) is 0 Å². The van der Waals surface area contributed by atoms with Crippen molar-refractivity contribution in [1.82, 2.24) is 20.6 Å². The predicted octanol–water partition coefficient (Wildman–Crippen LogP) is 2.50. The second-order valence-corrected chi connectivity index (χ2v) is 6.72. The first kappa shape index (κ1) is 11.8. The Kier molecular flexibility index (Phi) is 2.68. The molecule has 5 nitrogen and oxygen atoms in total. The monoisotopic (exact) mass is 300 g/mol. The molecular weight excluding hydrogens is 292 g/mol. The highest BCUT2D eigenvalue weighted by atomic mass is 32.2. The summed E-state index contributed by atoms with van der Waals surface area (Å²) in [4.78, 5) is 3.71. The van der Waals surface area contributed by atoms with Crippen LogP contribution in [0.3, 0.4) is 0 Å². The Labute approximate surface area is 121 Å². The highest BCUT2D eigenvalue weighted by Gasteiger charge is 2.23. The highest BCUT2D eigenvalue weighted by Crippen LogP contribution is 2.43. The zero-order valence-corrected chi connectivity index (χ0v) is 11.7. The number of aromatic amines is 1. The van der Waals surface area contributed by atoms with Crippen LogP contribution in [0.4, 0.5) is 0 Å². The summed E-state index contributed by atoms with van der Waals surface area (Å²) in [5.74, 6) is 0.508. The van der Waals surface area contributed by atoms with Crippen molar-refractivity contribution in [3.63, 3.8) is 0 Å². The Morgan fingerprint density at radius 1 is 1.05 bits per heavy atom. The average Bonchev–Trinajstić information content (AvgIpc) is 3.02. The van der Waals surface area contributed by atoms with Gasteiger partial charge in [0.05, 0.1) is 20.6 Å². The van der Waals surface area contributed by atoms with E-state index in [0.29, 0.717) is 5.82 Å². The van der Waals surface area contributed by atoms with Crippen molar-refractivity contribution in [1.29, 1.82) is 0 Å². The van der Waals surface area contributed by atoms with Crippen LogP contribution in [0.15, 0.2) is 62.0 Å². The van der Waals surface area contributed by atoms with Crippen LogP contribution in [0.5, 0.6) is 0 Å². The summed E-state index contributed by atoms with van der Waals surface area (Å²) in [5.41, 5.74) is 0.811. The molecule has 0 fully saturated rings. The molecule has 7 heteroatoms. The minimum absolute atomic E-state index is 0.508. The van der Waals surface area contributed by atoms with Crippen LogP contribution in [0.2, 0.25) is 0 Å². The molecule has 1 atom stereocenters. The molecule has 3 aromatic rings. The summed E-state index contributed by atoms with van der Waals surface area (Å²) in [6.07, 6.45) is 0. The van der Waals surface area contributed by atoms with Gasteiger partial charge in [-0.1, -0.05) is 23.9 Å².